The molecule has 0 aliphatic rings. The summed E-state index contributed by atoms with van der Waals surface area (Å²) in [5, 5.41) is 2.93. The molecule has 3 aromatic carbocycles. The number of aryl methyl sites for hydroxylation is 1. The SMILES string of the molecule is CS(=O)(=O)O.Cc1ccc(-c2ccccc2)c(C(=O)Nc2ccc(N)cc2)c1. The van der Waals surface area contributed by atoms with E-state index in [0.717, 1.165) is 22.4 Å². The number of amides is 1. The quantitative estimate of drug-likeness (QED) is 0.456. The first-order valence-electron chi connectivity index (χ1n) is 8.39. The smallest absolute Gasteiger partial charge is 0.261 e. The van der Waals surface area contributed by atoms with Gasteiger partial charge < -0.3 is 11.1 Å². The monoisotopic (exact) mass is 398 g/mol. The molecule has 3 aromatic rings. The molecule has 1 amide bonds. The lowest BCUT2D eigenvalue weighted by Gasteiger charge is -2.12. The Hall–Kier alpha value is -3.16. The summed E-state index contributed by atoms with van der Waals surface area (Å²) in [6.07, 6.45) is 0.715. The molecule has 0 atom stereocenters. The number of hydrogen-bond acceptors (Lipinski definition) is 4. The summed E-state index contributed by atoms with van der Waals surface area (Å²) in [5.41, 5.74) is 10.7. The maximum Gasteiger partial charge on any atom is 0.261 e. The van der Waals surface area contributed by atoms with E-state index < -0.39 is 10.1 Å². The van der Waals surface area contributed by atoms with Crippen LogP contribution in [0.5, 0.6) is 0 Å². The van der Waals surface area contributed by atoms with Crippen molar-refractivity contribution in [3.63, 3.8) is 0 Å². The van der Waals surface area contributed by atoms with Gasteiger partial charge >= 0.3 is 0 Å². The molecule has 0 aliphatic carbocycles. The van der Waals surface area contributed by atoms with E-state index in [4.69, 9.17) is 10.3 Å². The molecule has 7 heteroatoms. The van der Waals surface area contributed by atoms with E-state index in [1.54, 1.807) is 24.3 Å². The fourth-order valence-electron chi connectivity index (χ4n) is 2.48. The van der Waals surface area contributed by atoms with Gasteiger partial charge in [-0.05, 0) is 48.4 Å². The van der Waals surface area contributed by atoms with Crippen LogP contribution < -0.4 is 11.1 Å². The summed E-state index contributed by atoms with van der Waals surface area (Å²) in [6, 6.07) is 23.0. The van der Waals surface area contributed by atoms with Gasteiger partial charge in [0.25, 0.3) is 16.0 Å². The average molecular weight is 398 g/mol. The summed E-state index contributed by atoms with van der Waals surface area (Å²) in [6.45, 7) is 1.98. The van der Waals surface area contributed by atoms with E-state index >= 15 is 0 Å². The lowest BCUT2D eigenvalue weighted by atomic mass is 9.97. The van der Waals surface area contributed by atoms with Crippen LogP contribution in [-0.2, 0) is 10.1 Å². The molecule has 0 saturated heterocycles. The van der Waals surface area contributed by atoms with Gasteiger partial charge in [0.15, 0.2) is 0 Å². The molecule has 0 saturated carbocycles. The Bertz CT molecular complexity index is 1040. The molecule has 6 nitrogen and oxygen atoms in total. The molecule has 0 fully saturated rings. The third-order valence-electron chi connectivity index (χ3n) is 3.67. The van der Waals surface area contributed by atoms with Crippen LogP contribution in [0.3, 0.4) is 0 Å². The molecule has 0 aliphatic heterocycles. The number of benzene rings is 3. The van der Waals surface area contributed by atoms with Crippen LogP contribution >= 0.6 is 0 Å². The lowest BCUT2D eigenvalue weighted by molar-refractivity contribution is 0.102. The van der Waals surface area contributed by atoms with Gasteiger partial charge in [0.2, 0.25) is 0 Å². The predicted octanol–water partition coefficient (Wildman–Crippen LogP) is 4.00. The second kappa shape index (κ2) is 9.16. The highest BCUT2D eigenvalue weighted by molar-refractivity contribution is 7.85. The van der Waals surface area contributed by atoms with Crippen LogP contribution in [0.25, 0.3) is 11.1 Å². The Morgan fingerprint density at radius 2 is 1.54 bits per heavy atom. The van der Waals surface area contributed by atoms with Gasteiger partial charge in [-0.15, -0.1) is 0 Å². The summed E-state index contributed by atoms with van der Waals surface area (Å²) < 4.78 is 25.9. The molecule has 0 radical (unpaired) electrons. The van der Waals surface area contributed by atoms with Gasteiger partial charge in [-0.2, -0.15) is 8.42 Å². The zero-order valence-electron chi connectivity index (χ0n) is 15.6. The van der Waals surface area contributed by atoms with Crippen molar-refractivity contribution in [1.82, 2.24) is 0 Å². The molecule has 4 N–H and O–H groups in total. The minimum atomic E-state index is -3.67. The molecule has 0 bridgehead atoms. The van der Waals surface area contributed by atoms with E-state index in [1.165, 1.54) is 0 Å². The summed E-state index contributed by atoms with van der Waals surface area (Å²) in [5.74, 6) is -0.127. The highest BCUT2D eigenvalue weighted by Crippen LogP contribution is 2.25. The molecule has 0 spiro atoms. The van der Waals surface area contributed by atoms with Gasteiger partial charge in [0.1, 0.15) is 0 Å². The first kappa shape index (κ1) is 21.1. The molecule has 0 aromatic heterocycles. The highest BCUT2D eigenvalue weighted by Gasteiger charge is 2.13. The van der Waals surface area contributed by atoms with Crippen molar-refractivity contribution < 1.29 is 17.8 Å². The number of rotatable bonds is 3. The van der Waals surface area contributed by atoms with Crippen LogP contribution in [0.4, 0.5) is 11.4 Å². The van der Waals surface area contributed by atoms with Gasteiger partial charge in [-0.1, -0.05) is 48.0 Å². The van der Waals surface area contributed by atoms with Crippen molar-refractivity contribution in [2.24, 2.45) is 0 Å². The van der Waals surface area contributed by atoms with E-state index in [1.807, 2.05) is 55.5 Å². The third kappa shape index (κ3) is 6.86. The molecular weight excluding hydrogens is 376 g/mol. The van der Waals surface area contributed by atoms with Crippen molar-refractivity contribution in [1.29, 1.82) is 0 Å². The first-order valence-corrected chi connectivity index (χ1v) is 10.2. The van der Waals surface area contributed by atoms with Gasteiger partial charge in [0.05, 0.1) is 6.26 Å². The fraction of sp³-hybridized carbons (Fsp3) is 0.0952. The molecule has 28 heavy (non-hydrogen) atoms. The minimum absolute atomic E-state index is 0.127. The van der Waals surface area contributed by atoms with Gasteiger partial charge in [0, 0.05) is 16.9 Å². The number of nitrogens with two attached hydrogens (primary N) is 1. The minimum Gasteiger partial charge on any atom is -0.399 e. The van der Waals surface area contributed by atoms with Crippen LogP contribution in [-0.4, -0.2) is 25.1 Å². The summed E-state index contributed by atoms with van der Waals surface area (Å²) in [4.78, 5) is 12.7. The zero-order chi connectivity index (χ0) is 20.7. The topological polar surface area (TPSA) is 109 Å². The van der Waals surface area contributed by atoms with Crippen LogP contribution in [0, 0.1) is 6.92 Å². The third-order valence-corrected chi connectivity index (χ3v) is 3.67. The van der Waals surface area contributed by atoms with Crippen LogP contribution in [0.2, 0.25) is 0 Å². The van der Waals surface area contributed by atoms with Crippen molar-refractivity contribution in [2.45, 2.75) is 6.92 Å². The molecule has 0 unspecified atom stereocenters. The largest absolute Gasteiger partial charge is 0.399 e. The van der Waals surface area contributed by atoms with Crippen molar-refractivity contribution in [2.75, 3.05) is 17.3 Å². The molecule has 0 heterocycles. The maximum atomic E-state index is 12.7. The van der Waals surface area contributed by atoms with Crippen LogP contribution in [0.15, 0.2) is 72.8 Å². The second-order valence-electron chi connectivity index (χ2n) is 6.22. The predicted molar refractivity (Wildman–Crippen MR) is 113 cm³/mol. The van der Waals surface area contributed by atoms with Gasteiger partial charge in [-0.25, -0.2) is 0 Å². The van der Waals surface area contributed by atoms with Crippen molar-refractivity contribution in [3.05, 3.63) is 83.9 Å². The Balaban J connectivity index is 0.000000500. The fourth-order valence-corrected chi connectivity index (χ4v) is 2.48. The number of anilines is 2. The standard InChI is InChI=1S/C20H18N2O.CH4O3S/c1-14-7-12-18(15-5-3-2-4-6-15)19(13-14)20(23)22-17-10-8-16(21)9-11-17;1-5(2,3)4/h2-13H,21H2,1H3,(H,22,23);1H3,(H,2,3,4). The van der Waals surface area contributed by atoms with Crippen LogP contribution in [0.1, 0.15) is 15.9 Å². The average Bonchev–Trinajstić information content (AvgIpc) is 2.63. The zero-order valence-corrected chi connectivity index (χ0v) is 16.4. The number of nitrogen functional groups attached to an aromatic ring is 1. The van der Waals surface area contributed by atoms with E-state index in [-0.39, 0.29) is 5.91 Å². The van der Waals surface area contributed by atoms with E-state index in [9.17, 15) is 13.2 Å². The number of hydrogen-bond donors (Lipinski definition) is 3. The van der Waals surface area contributed by atoms with Gasteiger partial charge in [-0.3, -0.25) is 9.35 Å². The summed E-state index contributed by atoms with van der Waals surface area (Å²) >= 11 is 0. The Kier molecular flexibility index (Phi) is 6.92. The van der Waals surface area contributed by atoms with E-state index in [2.05, 4.69) is 5.32 Å². The molecular formula is C21H22N2O4S. The van der Waals surface area contributed by atoms with E-state index in [0.29, 0.717) is 17.5 Å². The maximum absolute atomic E-state index is 12.7. The molecule has 146 valence electrons. The number of nitrogens with one attached hydrogen (secondary N) is 1. The number of carbonyl (C=O) groups is 1. The number of carbonyl (C=O) groups excluding carboxylic acids is 1. The Morgan fingerprint density at radius 1 is 0.964 bits per heavy atom. The van der Waals surface area contributed by atoms with Crippen molar-refractivity contribution in [3.8, 4) is 11.1 Å². The normalized spacial score (nSPS) is 10.5. The lowest BCUT2D eigenvalue weighted by Crippen LogP contribution is -2.13. The molecule has 3 rings (SSSR count). The van der Waals surface area contributed by atoms with Crippen molar-refractivity contribution >= 4 is 27.4 Å². The Labute approximate surface area is 164 Å². The highest BCUT2D eigenvalue weighted by atomic mass is 32.2. The summed E-state index contributed by atoms with van der Waals surface area (Å²) in [7, 11) is -3.67. The second-order valence-corrected chi connectivity index (χ2v) is 7.69. The first-order chi connectivity index (χ1) is 13.1. The Morgan fingerprint density at radius 3 is 2.11 bits per heavy atom.